The summed E-state index contributed by atoms with van der Waals surface area (Å²) in [6.45, 7) is 2.40. The summed E-state index contributed by atoms with van der Waals surface area (Å²) in [5, 5.41) is 3.91. The first-order valence-corrected chi connectivity index (χ1v) is 7.95. The Morgan fingerprint density at radius 1 is 1.21 bits per heavy atom. The van der Waals surface area contributed by atoms with E-state index in [2.05, 4.69) is 5.32 Å². The summed E-state index contributed by atoms with van der Waals surface area (Å²) in [5.41, 5.74) is 1.04. The van der Waals surface area contributed by atoms with Crippen molar-refractivity contribution < 1.29 is 9.13 Å². The van der Waals surface area contributed by atoms with Crippen LogP contribution in [0.4, 0.5) is 4.39 Å². The normalized spacial score (nSPS) is 20.7. The van der Waals surface area contributed by atoms with E-state index in [-0.39, 0.29) is 5.82 Å². The van der Waals surface area contributed by atoms with Crippen LogP contribution in [0.15, 0.2) is 23.1 Å². The van der Waals surface area contributed by atoms with Crippen LogP contribution in [0, 0.1) is 5.82 Å². The maximum Gasteiger partial charge on any atom is 0.137 e. The largest absolute Gasteiger partial charge is 0.381 e. The highest BCUT2D eigenvalue weighted by Crippen LogP contribution is 2.32. The molecule has 0 bridgehead atoms. The molecular formula is C15H20FNOS. The highest BCUT2D eigenvalue weighted by molar-refractivity contribution is 8.00. The SMILES string of the molecule is Fc1cc(CNC2CC2)ccc1SC1CCOCC1. The molecular weight excluding hydrogens is 261 g/mol. The summed E-state index contributed by atoms with van der Waals surface area (Å²) >= 11 is 1.66. The van der Waals surface area contributed by atoms with Gasteiger partial charge >= 0.3 is 0 Å². The van der Waals surface area contributed by atoms with E-state index in [1.807, 2.05) is 12.1 Å². The number of rotatable bonds is 5. The molecule has 2 nitrogen and oxygen atoms in total. The predicted molar refractivity (Wildman–Crippen MR) is 76.0 cm³/mol. The van der Waals surface area contributed by atoms with E-state index < -0.39 is 0 Å². The van der Waals surface area contributed by atoms with Gasteiger partial charge in [-0.15, -0.1) is 11.8 Å². The number of thioether (sulfide) groups is 1. The minimum atomic E-state index is -0.0772. The summed E-state index contributed by atoms with van der Waals surface area (Å²) < 4.78 is 19.4. The third-order valence-electron chi connectivity index (χ3n) is 3.63. The topological polar surface area (TPSA) is 21.3 Å². The number of benzene rings is 1. The highest BCUT2D eigenvalue weighted by atomic mass is 32.2. The van der Waals surface area contributed by atoms with E-state index in [9.17, 15) is 4.39 Å². The van der Waals surface area contributed by atoms with E-state index in [1.165, 1.54) is 12.8 Å². The Kier molecular flexibility index (Phi) is 4.41. The van der Waals surface area contributed by atoms with Crippen LogP contribution in [0.5, 0.6) is 0 Å². The maximum absolute atomic E-state index is 14.1. The van der Waals surface area contributed by atoms with Crippen LogP contribution in [-0.2, 0) is 11.3 Å². The van der Waals surface area contributed by atoms with Gasteiger partial charge in [0.2, 0.25) is 0 Å². The van der Waals surface area contributed by atoms with Crippen molar-refractivity contribution in [3.05, 3.63) is 29.6 Å². The number of halogens is 1. The summed E-state index contributed by atoms with van der Waals surface area (Å²) in [6.07, 6.45) is 4.57. The standard InChI is InChI=1S/C15H20FNOS/c16-14-9-11(10-17-12-2-3-12)1-4-15(14)19-13-5-7-18-8-6-13/h1,4,9,12-13,17H,2-3,5-8,10H2. The van der Waals surface area contributed by atoms with Gasteiger partial charge in [0.05, 0.1) is 0 Å². The predicted octanol–water partition coefficient (Wildman–Crippen LogP) is 3.35. The van der Waals surface area contributed by atoms with Crippen molar-refractivity contribution in [3.63, 3.8) is 0 Å². The highest BCUT2D eigenvalue weighted by Gasteiger charge is 2.20. The molecule has 1 aliphatic heterocycles. The maximum atomic E-state index is 14.1. The summed E-state index contributed by atoms with van der Waals surface area (Å²) in [5.74, 6) is -0.0772. The van der Waals surface area contributed by atoms with Crippen LogP contribution in [-0.4, -0.2) is 24.5 Å². The molecule has 0 radical (unpaired) electrons. The minimum Gasteiger partial charge on any atom is -0.381 e. The molecule has 0 aromatic heterocycles. The quantitative estimate of drug-likeness (QED) is 0.894. The van der Waals surface area contributed by atoms with Crippen LogP contribution in [0.1, 0.15) is 31.2 Å². The molecule has 2 fully saturated rings. The first kappa shape index (κ1) is 13.4. The Balaban J connectivity index is 1.58. The lowest BCUT2D eigenvalue weighted by atomic mass is 10.2. The fourth-order valence-electron chi connectivity index (χ4n) is 2.27. The Morgan fingerprint density at radius 3 is 2.68 bits per heavy atom. The second kappa shape index (κ2) is 6.25. The Labute approximate surface area is 118 Å². The number of hydrogen-bond donors (Lipinski definition) is 1. The van der Waals surface area contributed by atoms with Crippen LogP contribution < -0.4 is 5.32 Å². The fraction of sp³-hybridized carbons (Fsp3) is 0.600. The van der Waals surface area contributed by atoms with Gasteiger partial charge in [0.25, 0.3) is 0 Å². The van der Waals surface area contributed by atoms with Crippen molar-refractivity contribution in [2.45, 2.75) is 48.4 Å². The van der Waals surface area contributed by atoms with Gasteiger partial charge in [0, 0.05) is 35.9 Å². The summed E-state index contributed by atoms with van der Waals surface area (Å²) in [4.78, 5) is 0.780. The van der Waals surface area contributed by atoms with E-state index >= 15 is 0 Å². The molecule has 4 heteroatoms. The molecule has 2 aliphatic rings. The summed E-state index contributed by atoms with van der Waals surface area (Å²) in [7, 11) is 0. The van der Waals surface area contributed by atoms with Gasteiger partial charge in [-0.05, 0) is 43.4 Å². The zero-order valence-corrected chi connectivity index (χ0v) is 11.8. The van der Waals surface area contributed by atoms with Gasteiger partial charge in [-0.3, -0.25) is 0 Å². The van der Waals surface area contributed by atoms with Crippen LogP contribution >= 0.6 is 11.8 Å². The molecule has 1 N–H and O–H groups in total. The Morgan fingerprint density at radius 2 is 2.00 bits per heavy atom. The molecule has 3 rings (SSSR count). The summed E-state index contributed by atoms with van der Waals surface area (Å²) in [6, 6.07) is 6.32. The number of nitrogens with one attached hydrogen (secondary N) is 1. The second-order valence-corrected chi connectivity index (χ2v) is 6.69. The lowest BCUT2D eigenvalue weighted by Gasteiger charge is -2.21. The molecule has 1 aliphatic carbocycles. The minimum absolute atomic E-state index is 0.0772. The molecule has 1 heterocycles. The van der Waals surface area contributed by atoms with Gasteiger partial charge in [0.15, 0.2) is 0 Å². The van der Waals surface area contributed by atoms with E-state index in [0.717, 1.165) is 43.1 Å². The van der Waals surface area contributed by atoms with Crippen molar-refractivity contribution in [3.8, 4) is 0 Å². The molecule has 104 valence electrons. The molecule has 1 saturated heterocycles. The third-order valence-corrected chi connectivity index (χ3v) is 5.02. The average molecular weight is 281 g/mol. The van der Waals surface area contributed by atoms with Gasteiger partial charge in [-0.1, -0.05) is 6.07 Å². The van der Waals surface area contributed by atoms with Crippen molar-refractivity contribution in [2.75, 3.05) is 13.2 Å². The third kappa shape index (κ3) is 3.94. The molecule has 0 unspecified atom stereocenters. The zero-order chi connectivity index (χ0) is 13.1. The monoisotopic (exact) mass is 281 g/mol. The van der Waals surface area contributed by atoms with Crippen LogP contribution in [0.3, 0.4) is 0 Å². The lowest BCUT2D eigenvalue weighted by Crippen LogP contribution is -2.17. The number of ether oxygens (including phenoxy) is 1. The van der Waals surface area contributed by atoms with Crippen molar-refractivity contribution in [2.24, 2.45) is 0 Å². The van der Waals surface area contributed by atoms with Crippen LogP contribution in [0.25, 0.3) is 0 Å². The van der Waals surface area contributed by atoms with Gasteiger partial charge in [-0.25, -0.2) is 4.39 Å². The van der Waals surface area contributed by atoms with Crippen molar-refractivity contribution in [1.29, 1.82) is 0 Å². The van der Waals surface area contributed by atoms with E-state index in [4.69, 9.17) is 4.74 Å². The Hall–Kier alpha value is -0.580. The fourth-order valence-corrected chi connectivity index (χ4v) is 3.38. The average Bonchev–Trinajstić information content (AvgIpc) is 3.25. The van der Waals surface area contributed by atoms with E-state index in [0.29, 0.717) is 11.3 Å². The van der Waals surface area contributed by atoms with Crippen molar-refractivity contribution in [1.82, 2.24) is 5.32 Å². The van der Waals surface area contributed by atoms with Gasteiger partial charge in [-0.2, -0.15) is 0 Å². The smallest absolute Gasteiger partial charge is 0.137 e. The Bertz CT molecular complexity index is 430. The first-order chi connectivity index (χ1) is 9.31. The molecule has 1 saturated carbocycles. The molecule has 1 aromatic rings. The van der Waals surface area contributed by atoms with Gasteiger partial charge < -0.3 is 10.1 Å². The molecule has 0 spiro atoms. The number of hydrogen-bond acceptors (Lipinski definition) is 3. The zero-order valence-electron chi connectivity index (χ0n) is 11.0. The molecule has 1 aromatic carbocycles. The second-order valence-electron chi connectivity index (χ2n) is 5.35. The molecule has 0 atom stereocenters. The van der Waals surface area contributed by atoms with E-state index in [1.54, 1.807) is 17.8 Å². The van der Waals surface area contributed by atoms with Crippen LogP contribution in [0.2, 0.25) is 0 Å². The van der Waals surface area contributed by atoms with Gasteiger partial charge in [0.1, 0.15) is 5.82 Å². The van der Waals surface area contributed by atoms with Crippen molar-refractivity contribution >= 4 is 11.8 Å². The lowest BCUT2D eigenvalue weighted by molar-refractivity contribution is 0.1000. The molecule has 0 amide bonds. The molecule has 19 heavy (non-hydrogen) atoms. The first-order valence-electron chi connectivity index (χ1n) is 7.07.